The Morgan fingerprint density at radius 2 is 1.52 bits per heavy atom. The number of hydrogen-bond donors (Lipinski definition) is 2. The van der Waals surface area contributed by atoms with Crippen LogP contribution in [0.1, 0.15) is 21.5 Å². The van der Waals surface area contributed by atoms with Gasteiger partial charge in [-0.05, 0) is 73.3 Å². The van der Waals surface area contributed by atoms with Crippen molar-refractivity contribution in [2.45, 2.75) is 0 Å². The molecule has 1 heterocycles. The second kappa shape index (κ2) is 8.53. The molecule has 1 aliphatic heterocycles. The molecular weight excluding hydrogens is 528 g/mol. The van der Waals surface area contributed by atoms with Crippen molar-refractivity contribution in [3.63, 3.8) is 0 Å². The van der Waals surface area contributed by atoms with Crippen LogP contribution < -0.4 is 0 Å². The third-order valence-corrected chi connectivity index (χ3v) is 5.94. The molecule has 4 rings (SSSR count). The van der Waals surface area contributed by atoms with Gasteiger partial charge in [-0.2, -0.15) is 0 Å². The summed E-state index contributed by atoms with van der Waals surface area (Å²) >= 11 is 6.54. The minimum atomic E-state index is -0.753. The molecule has 0 spiro atoms. The van der Waals surface area contributed by atoms with Crippen molar-refractivity contribution in [3.8, 4) is 11.5 Å². The molecule has 0 saturated heterocycles. The van der Waals surface area contributed by atoms with Crippen molar-refractivity contribution in [1.82, 2.24) is 0 Å². The molecule has 3 aromatic rings. The highest BCUT2D eigenvalue weighted by Gasteiger charge is 2.36. The molecule has 0 saturated carbocycles. The van der Waals surface area contributed by atoms with Gasteiger partial charge in [0.25, 0.3) is 0 Å². The second-order valence-electron chi connectivity index (χ2n) is 6.72. The second-order valence-corrected chi connectivity index (χ2v) is 8.43. The molecule has 7 heteroatoms. The lowest BCUT2D eigenvalue weighted by Crippen LogP contribution is -2.11. The first-order valence-electron chi connectivity index (χ1n) is 9.11. The summed E-state index contributed by atoms with van der Waals surface area (Å²) < 4.78 is 6.39. The van der Waals surface area contributed by atoms with E-state index in [1.54, 1.807) is 60.7 Å². The fourth-order valence-electron chi connectivity index (χ4n) is 3.18. The topological polar surface area (TPSA) is 83.8 Å². The van der Waals surface area contributed by atoms with Gasteiger partial charge in [0.05, 0.1) is 8.95 Å². The van der Waals surface area contributed by atoms with E-state index in [0.29, 0.717) is 31.2 Å². The van der Waals surface area contributed by atoms with Crippen LogP contribution in [0.5, 0.6) is 11.5 Å². The number of benzene rings is 3. The highest BCUT2D eigenvalue weighted by Crippen LogP contribution is 2.40. The Morgan fingerprint density at radius 1 is 0.871 bits per heavy atom. The van der Waals surface area contributed by atoms with Gasteiger partial charge in [0, 0.05) is 11.1 Å². The Bertz CT molecular complexity index is 1280. The molecule has 0 amide bonds. The van der Waals surface area contributed by atoms with Gasteiger partial charge < -0.3 is 14.9 Å². The Morgan fingerprint density at radius 3 is 2.16 bits per heavy atom. The van der Waals surface area contributed by atoms with E-state index in [2.05, 4.69) is 31.9 Å². The van der Waals surface area contributed by atoms with Crippen molar-refractivity contribution >= 4 is 55.3 Å². The first-order chi connectivity index (χ1) is 14.8. The summed E-state index contributed by atoms with van der Waals surface area (Å²) in [6, 6.07) is 18.0. The lowest BCUT2D eigenvalue weighted by molar-refractivity contribution is -0.132. The van der Waals surface area contributed by atoms with E-state index in [9.17, 15) is 19.8 Å². The summed E-state index contributed by atoms with van der Waals surface area (Å²) in [6.07, 6.45) is 1.61. The highest BCUT2D eigenvalue weighted by atomic mass is 79.9. The number of cyclic esters (lactones) is 1. The van der Waals surface area contributed by atoms with Crippen LogP contribution in [0, 0.1) is 0 Å². The number of ketones is 1. The highest BCUT2D eigenvalue weighted by molar-refractivity contribution is 9.10. The first kappa shape index (κ1) is 21.1. The minimum Gasteiger partial charge on any atom is -0.507 e. The van der Waals surface area contributed by atoms with Crippen LogP contribution in [0.15, 0.2) is 87.0 Å². The number of Topliss-reactive ketones (excluding diaryl/α,β-unsaturated/α-hetero) is 1. The maximum atomic E-state index is 13.2. The van der Waals surface area contributed by atoms with Crippen molar-refractivity contribution in [2.75, 3.05) is 0 Å². The zero-order valence-electron chi connectivity index (χ0n) is 15.8. The number of hydrogen-bond acceptors (Lipinski definition) is 5. The summed E-state index contributed by atoms with van der Waals surface area (Å²) in [5.74, 6) is -0.918. The molecule has 0 bridgehead atoms. The van der Waals surface area contributed by atoms with Crippen LogP contribution in [0.2, 0.25) is 0 Å². The third-order valence-electron chi connectivity index (χ3n) is 4.67. The lowest BCUT2D eigenvalue weighted by atomic mass is 9.93. The Hall–Kier alpha value is -3.16. The summed E-state index contributed by atoms with van der Waals surface area (Å²) in [5.41, 5.74) is 1.77. The van der Waals surface area contributed by atoms with E-state index in [0.717, 1.165) is 0 Å². The average molecular weight is 542 g/mol. The smallest absolute Gasteiger partial charge is 0.348 e. The zero-order chi connectivity index (χ0) is 22.1. The summed E-state index contributed by atoms with van der Waals surface area (Å²) in [5, 5.41) is 19.6. The molecule has 0 aliphatic carbocycles. The van der Waals surface area contributed by atoms with Crippen LogP contribution in [0.4, 0.5) is 0 Å². The van der Waals surface area contributed by atoms with Crippen LogP contribution >= 0.6 is 31.9 Å². The van der Waals surface area contributed by atoms with E-state index >= 15 is 0 Å². The number of phenols is 2. The van der Waals surface area contributed by atoms with E-state index < -0.39 is 11.8 Å². The van der Waals surface area contributed by atoms with Gasteiger partial charge in [-0.15, -0.1) is 0 Å². The monoisotopic (exact) mass is 540 g/mol. The predicted octanol–water partition coefficient (Wildman–Crippen LogP) is 5.86. The predicted molar refractivity (Wildman–Crippen MR) is 123 cm³/mol. The fraction of sp³-hybridized carbons (Fsp3) is 0. The molecular formula is C24H14Br2O5. The standard InChI is InChI=1S/C24H14Br2O5/c25-16-10-13(6-8-18(16)27)11-20-21(15-7-9-19(28)17(26)12-15)22(24(30)31-20)23(29)14-4-2-1-3-5-14/h1-12,27-28H/b20-11-. The van der Waals surface area contributed by atoms with E-state index in [1.165, 1.54) is 12.1 Å². The van der Waals surface area contributed by atoms with Gasteiger partial charge in [0.1, 0.15) is 22.8 Å². The molecule has 0 radical (unpaired) electrons. The minimum absolute atomic E-state index is 0.0264. The summed E-state index contributed by atoms with van der Waals surface area (Å²) in [4.78, 5) is 26.0. The first-order valence-corrected chi connectivity index (χ1v) is 10.7. The molecule has 5 nitrogen and oxygen atoms in total. The Kier molecular flexibility index (Phi) is 5.80. The number of rotatable bonds is 4. The largest absolute Gasteiger partial charge is 0.507 e. The van der Waals surface area contributed by atoms with Gasteiger partial charge in [-0.1, -0.05) is 42.5 Å². The van der Waals surface area contributed by atoms with Crippen molar-refractivity contribution in [2.24, 2.45) is 0 Å². The van der Waals surface area contributed by atoms with Gasteiger partial charge >= 0.3 is 5.97 Å². The Labute approximate surface area is 194 Å². The van der Waals surface area contributed by atoms with Gasteiger partial charge in [-0.25, -0.2) is 4.79 Å². The number of carbonyl (C=O) groups is 2. The summed E-state index contributed by atoms with van der Waals surface area (Å²) in [6.45, 7) is 0. The molecule has 0 atom stereocenters. The molecule has 2 N–H and O–H groups in total. The van der Waals surface area contributed by atoms with Gasteiger partial charge in [0.2, 0.25) is 5.78 Å². The quantitative estimate of drug-likeness (QED) is 0.245. The number of phenolic OH excluding ortho intramolecular Hbond substituents is 2. The molecule has 3 aromatic carbocycles. The van der Waals surface area contributed by atoms with E-state index in [1.807, 2.05) is 0 Å². The number of carbonyl (C=O) groups excluding carboxylic acids is 2. The maximum Gasteiger partial charge on any atom is 0.348 e. The number of aromatic hydroxyl groups is 2. The van der Waals surface area contributed by atoms with Crippen molar-refractivity contribution in [3.05, 3.63) is 104 Å². The van der Waals surface area contributed by atoms with Crippen molar-refractivity contribution in [1.29, 1.82) is 0 Å². The zero-order valence-corrected chi connectivity index (χ0v) is 19.0. The third kappa shape index (κ3) is 4.19. The molecule has 0 unspecified atom stereocenters. The number of allylic oxidation sites excluding steroid dienone is 1. The number of esters is 1. The molecule has 1 aliphatic rings. The van der Waals surface area contributed by atoms with Crippen LogP contribution in [-0.4, -0.2) is 22.0 Å². The Balaban J connectivity index is 1.93. The number of ether oxygens (including phenoxy) is 1. The SMILES string of the molecule is O=C1O/C(=C\c2ccc(O)c(Br)c2)C(c2ccc(O)c(Br)c2)=C1C(=O)c1ccccc1. The van der Waals surface area contributed by atoms with E-state index in [4.69, 9.17) is 4.74 Å². The van der Waals surface area contributed by atoms with E-state index in [-0.39, 0.29) is 22.8 Å². The van der Waals surface area contributed by atoms with Crippen molar-refractivity contribution < 1.29 is 24.5 Å². The molecule has 0 aromatic heterocycles. The van der Waals surface area contributed by atoms with Crippen LogP contribution in [0.25, 0.3) is 11.6 Å². The van der Waals surface area contributed by atoms with Gasteiger partial charge in [0.15, 0.2) is 0 Å². The van der Waals surface area contributed by atoms with Crippen LogP contribution in [-0.2, 0) is 9.53 Å². The lowest BCUT2D eigenvalue weighted by Gasteiger charge is -2.08. The molecule has 0 fully saturated rings. The maximum absolute atomic E-state index is 13.2. The molecule has 154 valence electrons. The van der Waals surface area contributed by atoms with Crippen LogP contribution in [0.3, 0.4) is 0 Å². The molecule has 31 heavy (non-hydrogen) atoms. The summed E-state index contributed by atoms with van der Waals surface area (Å²) in [7, 11) is 0. The average Bonchev–Trinajstić information content (AvgIpc) is 3.08. The number of halogens is 2. The van der Waals surface area contributed by atoms with Gasteiger partial charge in [-0.3, -0.25) is 4.79 Å². The fourth-order valence-corrected chi connectivity index (χ4v) is 3.96. The normalized spacial score (nSPS) is 14.8.